The minimum atomic E-state index is -1.47. The molecule has 0 spiro atoms. The normalized spacial score (nSPS) is 12.5. The zero-order valence-electron chi connectivity index (χ0n) is 9.39. The molecule has 0 aromatic carbocycles. The van der Waals surface area contributed by atoms with E-state index < -0.39 is 8.32 Å². The second-order valence-electron chi connectivity index (χ2n) is 3.52. The van der Waals surface area contributed by atoms with Crippen molar-refractivity contribution in [1.29, 1.82) is 0 Å². The summed E-state index contributed by atoms with van der Waals surface area (Å²) in [6.07, 6.45) is 1.70. The molecule has 79 valence electrons. The lowest BCUT2D eigenvalue weighted by Gasteiger charge is -2.30. The second-order valence-corrected chi connectivity index (χ2v) is 8.21. The van der Waals surface area contributed by atoms with Crippen molar-refractivity contribution in [2.45, 2.75) is 52.2 Å². The fourth-order valence-corrected chi connectivity index (χ4v) is 4.32. The third kappa shape index (κ3) is 4.25. The Morgan fingerprint density at radius 2 is 1.62 bits per heavy atom. The maximum absolute atomic E-state index is 8.77. The average Bonchev–Trinajstić information content (AvgIpc) is 2.15. The first kappa shape index (κ1) is 13.1. The van der Waals surface area contributed by atoms with Gasteiger partial charge in [-0.3, -0.25) is 0 Å². The Balaban J connectivity index is 4.07. The van der Waals surface area contributed by atoms with Crippen LogP contribution in [0.4, 0.5) is 0 Å². The first-order valence-electron chi connectivity index (χ1n) is 5.26. The molecule has 0 unspecified atom stereocenters. The monoisotopic (exact) mass is 203 g/mol. The number of aliphatic hydroxyl groups excluding tert-OH is 1. The molecule has 1 radical (unpaired) electrons. The third-order valence-electron chi connectivity index (χ3n) is 2.79. The van der Waals surface area contributed by atoms with Crippen molar-refractivity contribution in [3.05, 3.63) is 6.10 Å². The predicted octanol–water partition coefficient (Wildman–Crippen LogP) is 2.94. The molecule has 0 aliphatic rings. The Kier molecular flexibility index (Phi) is 6.64. The van der Waals surface area contributed by atoms with Crippen LogP contribution in [0.3, 0.4) is 0 Å². The molecule has 0 atom stereocenters. The number of hydrogen-bond acceptors (Lipinski definition) is 2. The van der Waals surface area contributed by atoms with Crippen molar-refractivity contribution in [3.8, 4) is 0 Å². The number of rotatable bonds is 7. The lowest BCUT2D eigenvalue weighted by molar-refractivity contribution is 0.231. The van der Waals surface area contributed by atoms with Gasteiger partial charge >= 0.3 is 0 Å². The van der Waals surface area contributed by atoms with Gasteiger partial charge < -0.3 is 9.53 Å². The Labute approximate surface area is 83.4 Å². The number of aliphatic hydroxyl groups is 1. The van der Waals surface area contributed by atoms with Gasteiger partial charge in [0.1, 0.15) is 0 Å². The summed E-state index contributed by atoms with van der Waals surface area (Å²) in [5, 5.41) is 8.77. The van der Waals surface area contributed by atoms with Crippen LogP contribution in [0.15, 0.2) is 0 Å². The van der Waals surface area contributed by atoms with Gasteiger partial charge in [0.2, 0.25) is 0 Å². The van der Waals surface area contributed by atoms with Gasteiger partial charge in [-0.2, -0.15) is 0 Å². The van der Waals surface area contributed by atoms with E-state index in [9.17, 15) is 0 Å². The van der Waals surface area contributed by atoms with Gasteiger partial charge in [-0.15, -0.1) is 0 Å². The Morgan fingerprint density at radius 3 is 1.92 bits per heavy atom. The van der Waals surface area contributed by atoms with Gasteiger partial charge in [-0.25, -0.2) is 0 Å². The molecule has 0 aliphatic heterocycles. The van der Waals surface area contributed by atoms with Gasteiger partial charge in [0.25, 0.3) is 0 Å². The molecule has 0 saturated heterocycles. The second kappa shape index (κ2) is 6.57. The van der Waals surface area contributed by atoms with Crippen LogP contribution >= 0.6 is 0 Å². The van der Waals surface area contributed by atoms with Crippen LogP contribution in [0.25, 0.3) is 0 Å². The van der Waals surface area contributed by atoms with Crippen LogP contribution in [-0.2, 0) is 4.43 Å². The molecule has 0 saturated carbocycles. The molecule has 0 rings (SSSR count). The van der Waals surface area contributed by atoms with Gasteiger partial charge in [0, 0.05) is 13.0 Å². The molecule has 0 fully saturated rings. The van der Waals surface area contributed by atoms with Crippen molar-refractivity contribution in [2.75, 3.05) is 6.61 Å². The lowest BCUT2D eigenvalue weighted by atomic mass is 10.3. The molecule has 0 aliphatic carbocycles. The summed E-state index contributed by atoms with van der Waals surface area (Å²) in [5.41, 5.74) is 0. The highest BCUT2D eigenvalue weighted by Gasteiger charge is 2.30. The lowest BCUT2D eigenvalue weighted by Crippen LogP contribution is -2.36. The molecular weight excluding hydrogens is 180 g/mol. The van der Waals surface area contributed by atoms with E-state index in [-0.39, 0.29) is 6.61 Å². The summed E-state index contributed by atoms with van der Waals surface area (Å²) in [4.78, 5) is 0. The molecule has 13 heavy (non-hydrogen) atoms. The molecule has 0 aromatic heterocycles. The van der Waals surface area contributed by atoms with Gasteiger partial charge in [0.15, 0.2) is 8.32 Å². The van der Waals surface area contributed by atoms with Crippen LogP contribution in [0, 0.1) is 6.10 Å². The van der Waals surface area contributed by atoms with Crippen molar-refractivity contribution >= 4 is 8.32 Å². The maximum atomic E-state index is 8.77. The molecule has 0 amide bonds. The molecule has 1 N–H and O–H groups in total. The minimum absolute atomic E-state index is 0.202. The Hall–Kier alpha value is 0.137. The van der Waals surface area contributed by atoms with E-state index >= 15 is 0 Å². The molecular formula is C10H23O2Si. The van der Waals surface area contributed by atoms with E-state index in [4.69, 9.17) is 9.53 Å². The molecule has 0 aromatic rings. The average molecular weight is 203 g/mol. The van der Waals surface area contributed by atoms with E-state index in [1.165, 1.54) is 18.1 Å². The summed E-state index contributed by atoms with van der Waals surface area (Å²) < 4.78 is 6.02. The molecule has 0 heterocycles. The number of hydrogen-bond donors (Lipinski definition) is 1. The SMILES string of the molecule is CC[Si](CC)(CC)O[C](C)CCO. The van der Waals surface area contributed by atoms with Crippen molar-refractivity contribution in [2.24, 2.45) is 0 Å². The Bertz CT molecular complexity index is 116. The largest absolute Gasteiger partial charge is 0.409 e. The third-order valence-corrected chi connectivity index (χ3v) is 7.44. The van der Waals surface area contributed by atoms with Crippen molar-refractivity contribution in [3.63, 3.8) is 0 Å². The van der Waals surface area contributed by atoms with E-state index in [2.05, 4.69) is 20.8 Å². The summed E-state index contributed by atoms with van der Waals surface area (Å²) in [6, 6.07) is 3.51. The van der Waals surface area contributed by atoms with Gasteiger partial charge in [0.05, 0.1) is 6.10 Å². The zero-order chi connectivity index (χ0) is 10.3. The minimum Gasteiger partial charge on any atom is -0.409 e. The fourth-order valence-electron chi connectivity index (χ4n) is 1.54. The maximum Gasteiger partial charge on any atom is 0.192 e. The van der Waals surface area contributed by atoms with E-state index in [0.717, 1.165) is 6.10 Å². The van der Waals surface area contributed by atoms with Crippen LogP contribution in [-0.4, -0.2) is 20.0 Å². The van der Waals surface area contributed by atoms with Crippen LogP contribution in [0.2, 0.25) is 18.1 Å². The highest BCUT2D eigenvalue weighted by molar-refractivity contribution is 6.73. The molecule has 3 heteroatoms. The van der Waals surface area contributed by atoms with Gasteiger partial charge in [-0.05, 0) is 25.1 Å². The van der Waals surface area contributed by atoms with Crippen LogP contribution < -0.4 is 0 Å². The summed E-state index contributed by atoms with van der Waals surface area (Å²) in [7, 11) is -1.47. The topological polar surface area (TPSA) is 29.5 Å². The summed E-state index contributed by atoms with van der Waals surface area (Å²) in [5.74, 6) is 0. The van der Waals surface area contributed by atoms with Gasteiger partial charge in [-0.1, -0.05) is 20.8 Å². The predicted molar refractivity (Wildman–Crippen MR) is 58.9 cm³/mol. The van der Waals surface area contributed by atoms with E-state index in [1.54, 1.807) is 0 Å². The zero-order valence-corrected chi connectivity index (χ0v) is 10.4. The smallest absolute Gasteiger partial charge is 0.192 e. The summed E-state index contributed by atoms with van der Waals surface area (Å²) in [6.45, 7) is 8.83. The fraction of sp³-hybridized carbons (Fsp3) is 0.900. The standard InChI is InChI=1S/C10H23O2Si/c1-5-13(6-2,7-3)12-10(4)8-9-11/h11H,5-9H2,1-4H3. The van der Waals surface area contributed by atoms with E-state index in [0.29, 0.717) is 6.42 Å². The van der Waals surface area contributed by atoms with Crippen molar-refractivity contribution in [1.82, 2.24) is 0 Å². The first-order valence-corrected chi connectivity index (χ1v) is 7.79. The van der Waals surface area contributed by atoms with Crippen molar-refractivity contribution < 1.29 is 9.53 Å². The van der Waals surface area contributed by atoms with Crippen LogP contribution in [0.5, 0.6) is 0 Å². The van der Waals surface area contributed by atoms with E-state index in [1.807, 2.05) is 6.92 Å². The van der Waals surface area contributed by atoms with Crippen LogP contribution in [0.1, 0.15) is 34.1 Å². The highest BCUT2D eigenvalue weighted by Crippen LogP contribution is 2.26. The Morgan fingerprint density at radius 1 is 1.15 bits per heavy atom. The molecule has 2 nitrogen and oxygen atoms in total. The molecule has 0 bridgehead atoms. The summed E-state index contributed by atoms with van der Waals surface area (Å²) >= 11 is 0. The highest BCUT2D eigenvalue weighted by atomic mass is 28.4. The first-order chi connectivity index (χ1) is 6.14. The quantitative estimate of drug-likeness (QED) is 0.645.